The number of hydrogen-bond donors (Lipinski definition) is 0. The number of hydrogen-bond acceptors (Lipinski definition) is 0. The highest BCUT2D eigenvalue weighted by Crippen LogP contribution is 2.85. The molecule has 0 amide bonds. The molecule has 0 aromatic carbocycles. The van der Waals surface area contributed by atoms with Crippen molar-refractivity contribution < 1.29 is 0 Å². The van der Waals surface area contributed by atoms with Gasteiger partial charge in [0.05, 0.1) is 0 Å². The Bertz CT molecular complexity index is 676. The minimum atomic E-state index is 0.778. The van der Waals surface area contributed by atoms with Gasteiger partial charge in [-0.2, -0.15) is 0 Å². The van der Waals surface area contributed by atoms with E-state index in [2.05, 4.69) is 26.0 Å². The predicted octanol–water partition coefficient (Wildman–Crippen LogP) is 5.25. The molecule has 15 atom stereocenters. The van der Waals surface area contributed by atoms with Gasteiger partial charge in [-0.3, -0.25) is 0 Å². The van der Waals surface area contributed by atoms with Crippen molar-refractivity contribution in [1.82, 2.24) is 0 Å². The van der Waals surface area contributed by atoms with Crippen molar-refractivity contribution in [3.05, 3.63) is 12.2 Å². The van der Waals surface area contributed by atoms with Crippen LogP contribution in [0.4, 0.5) is 0 Å². The van der Waals surface area contributed by atoms with Gasteiger partial charge < -0.3 is 0 Å². The lowest BCUT2D eigenvalue weighted by Crippen LogP contribution is -2.52. The highest BCUT2D eigenvalue weighted by molar-refractivity contribution is 5.30. The molecule has 0 aliphatic heterocycles. The van der Waals surface area contributed by atoms with Crippen LogP contribution in [0.2, 0.25) is 0 Å². The zero-order valence-electron chi connectivity index (χ0n) is 15.3. The average Bonchev–Trinajstić information content (AvgIpc) is 3.34. The van der Waals surface area contributed by atoms with Crippen molar-refractivity contribution in [3.8, 4) is 0 Å². The smallest absolute Gasteiger partial charge is 0.0194 e. The molecule has 8 aliphatic carbocycles. The summed E-state index contributed by atoms with van der Waals surface area (Å²) in [6, 6.07) is 0. The minimum Gasteiger partial charge on any atom is -0.0848 e. The first-order chi connectivity index (χ1) is 11.7. The van der Waals surface area contributed by atoms with E-state index in [4.69, 9.17) is 0 Å². The van der Waals surface area contributed by atoms with Crippen molar-refractivity contribution in [2.45, 2.75) is 46.0 Å². The molecular formula is C24H32. The third-order valence-corrected chi connectivity index (χ3v) is 12.3. The van der Waals surface area contributed by atoms with Gasteiger partial charge in [-0.15, -0.1) is 0 Å². The predicted molar refractivity (Wildman–Crippen MR) is 94.9 cm³/mol. The van der Waals surface area contributed by atoms with Crippen molar-refractivity contribution in [1.29, 1.82) is 0 Å². The van der Waals surface area contributed by atoms with E-state index in [-0.39, 0.29) is 0 Å². The van der Waals surface area contributed by atoms with Crippen LogP contribution in [0.25, 0.3) is 0 Å². The SMILES string of the molecule is CC1CC2CC1C1C2C2CC1C1(C)C3CC(C4C5C=CC(C5)C43)C21. The summed E-state index contributed by atoms with van der Waals surface area (Å²) in [5, 5.41) is 0. The first kappa shape index (κ1) is 13.0. The molecule has 7 fully saturated rings. The van der Waals surface area contributed by atoms with Gasteiger partial charge in [0.1, 0.15) is 0 Å². The van der Waals surface area contributed by atoms with Crippen LogP contribution >= 0.6 is 0 Å². The average molecular weight is 321 g/mol. The van der Waals surface area contributed by atoms with Crippen molar-refractivity contribution in [3.63, 3.8) is 0 Å². The number of allylic oxidation sites excluding steroid dienone is 2. The van der Waals surface area contributed by atoms with Gasteiger partial charge in [-0.05, 0) is 120 Å². The summed E-state index contributed by atoms with van der Waals surface area (Å²) < 4.78 is 0. The molecule has 0 heterocycles. The molecule has 0 radical (unpaired) electrons. The summed E-state index contributed by atoms with van der Waals surface area (Å²) in [6.07, 6.45) is 13.4. The zero-order chi connectivity index (χ0) is 15.5. The lowest BCUT2D eigenvalue weighted by atomic mass is 9.48. The Morgan fingerprint density at radius 3 is 2.25 bits per heavy atom. The molecule has 0 aromatic rings. The van der Waals surface area contributed by atoms with E-state index >= 15 is 0 Å². The van der Waals surface area contributed by atoms with E-state index < -0.39 is 0 Å². The first-order valence-electron chi connectivity index (χ1n) is 11.4. The third kappa shape index (κ3) is 1.04. The molecule has 8 rings (SSSR count). The molecule has 0 heteroatoms. The van der Waals surface area contributed by atoms with Crippen LogP contribution in [0.15, 0.2) is 12.2 Å². The lowest BCUT2D eigenvalue weighted by molar-refractivity contribution is -0.0873. The summed E-state index contributed by atoms with van der Waals surface area (Å²) in [5.74, 6) is 15.8. The molecule has 8 aliphatic rings. The fourth-order valence-corrected chi connectivity index (χ4v) is 12.4. The van der Waals surface area contributed by atoms with Gasteiger partial charge in [-0.25, -0.2) is 0 Å². The van der Waals surface area contributed by atoms with Crippen LogP contribution in [0, 0.1) is 88.3 Å². The molecule has 15 unspecified atom stereocenters. The van der Waals surface area contributed by atoms with Crippen LogP contribution in [0.1, 0.15) is 46.0 Å². The van der Waals surface area contributed by atoms with Crippen molar-refractivity contribution in [2.24, 2.45) is 88.3 Å². The van der Waals surface area contributed by atoms with Crippen LogP contribution < -0.4 is 0 Å². The molecule has 7 saturated carbocycles. The third-order valence-electron chi connectivity index (χ3n) is 12.3. The largest absolute Gasteiger partial charge is 0.0848 e. The Morgan fingerprint density at radius 2 is 1.42 bits per heavy atom. The number of fused-ring (bicyclic) bond motifs is 23. The maximum atomic E-state index is 2.84. The summed E-state index contributed by atoms with van der Waals surface area (Å²) >= 11 is 0. The van der Waals surface area contributed by atoms with Gasteiger partial charge in [0.15, 0.2) is 0 Å². The van der Waals surface area contributed by atoms with E-state index in [1.807, 2.05) is 0 Å². The topological polar surface area (TPSA) is 0 Å². The normalized spacial score (nSPS) is 77.6. The molecule has 0 N–H and O–H groups in total. The molecule has 0 saturated heterocycles. The first-order valence-corrected chi connectivity index (χ1v) is 11.4. The minimum absolute atomic E-state index is 0.778. The van der Waals surface area contributed by atoms with E-state index in [1.54, 1.807) is 32.1 Å². The summed E-state index contributed by atoms with van der Waals surface area (Å²) in [6.45, 7) is 5.44. The van der Waals surface area contributed by atoms with Crippen LogP contribution in [-0.4, -0.2) is 0 Å². The van der Waals surface area contributed by atoms with Crippen molar-refractivity contribution >= 4 is 0 Å². The highest BCUT2D eigenvalue weighted by atomic mass is 14.8. The Morgan fingerprint density at radius 1 is 0.708 bits per heavy atom. The van der Waals surface area contributed by atoms with Gasteiger partial charge in [-0.1, -0.05) is 26.0 Å². The maximum absolute atomic E-state index is 2.84. The number of rotatable bonds is 0. The summed E-state index contributed by atoms with van der Waals surface area (Å²) in [7, 11) is 0. The molecular weight excluding hydrogens is 288 g/mol. The second kappa shape index (κ2) is 3.59. The summed E-state index contributed by atoms with van der Waals surface area (Å²) in [5.41, 5.74) is 0.778. The Labute approximate surface area is 146 Å². The fraction of sp³-hybridized carbons (Fsp3) is 0.917. The molecule has 0 aromatic heterocycles. The quantitative estimate of drug-likeness (QED) is 0.422. The lowest BCUT2D eigenvalue weighted by Gasteiger charge is -2.56. The van der Waals surface area contributed by atoms with E-state index in [0.29, 0.717) is 0 Å². The molecule has 8 bridgehead atoms. The second-order valence-electron chi connectivity index (χ2n) is 12.0. The molecule has 0 spiro atoms. The van der Waals surface area contributed by atoms with Gasteiger partial charge >= 0.3 is 0 Å². The van der Waals surface area contributed by atoms with Gasteiger partial charge in [0.2, 0.25) is 0 Å². The Balaban J connectivity index is 1.27. The van der Waals surface area contributed by atoms with Crippen molar-refractivity contribution in [2.75, 3.05) is 0 Å². The maximum Gasteiger partial charge on any atom is -0.0194 e. The van der Waals surface area contributed by atoms with E-state index in [1.165, 1.54) is 17.8 Å². The van der Waals surface area contributed by atoms with Crippen LogP contribution in [0.5, 0.6) is 0 Å². The summed E-state index contributed by atoms with van der Waals surface area (Å²) in [4.78, 5) is 0. The van der Waals surface area contributed by atoms with Crippen LogP contribution in [-0.2, 0) is 0 Å². The molecule has 128 valence electrons. The van der Waals surface area contributed by atoms with Gasteiger partial charge in [0.25, 0.3) is 0 Å². The van der Waals surface area contributed by atoms with E-state index in [9.17, 15) is 0 Å². The van der Waals surface area contributed by atoms with E-state index in [0.717, 1.165) is 70.5 Å². The standard InChI is InChI=1S/C24H32/c1-10-5-13-7-14(10)22-18-9-16(20(13)22)23-15-8-17(24(18,23)2)21-12-4-3-11(6-12)19(15)21/h3-4,10-23H,5-9H2,1-2H3. The Kier molecular flexibility index (Phi) is 1.94. The Hall–Kier alpha value is -0.260. The second-order valence-corrected chi connectivity index (χ2v) is 12.0. The molecule has 0 nitrogen and oxygen atoms in total. The highest BCUT2D eigenvalue weighted by Gasteiger charge is 2.79. The fourth-order valence-electron chi connectivity index (χ4n) is 12.4. The van der Waals surface area contributed by atoms with Crippen LogP contribution in [0.3, 0.4) is 0 Å². The zero-order valence-corrected chi connectivity index (χ0v) is 15.3. The van der Waals surface area contributed by atoms with Gasteiger partial charge in [0, 0.05) is 0 Å². The monoisotopic (exact) mass is 320 g/mol. The molecule has 24 heavy (non-hydrogen) atoms.